The Morgan fingerprint density at radius 1 is 1.37 bits per heavy atom. The van der Waals surface area contributed by atoms with E-state index in [1.54, 1.807) is 0 Å². The van der Waals surface area contributed by atoms with Gasteiger partial charge in [-0.15, -0.1) is 0 Å². The normalized spacial score (nSPS) is 11.3. The fourth-order valence-corrected chi connectivity index (χ4v) is 2.16. The largest absolute Gasteiger partial charge is 0.391 e. The third kappa shape index (κ3) is 2.48. The van der Waals surface area contributed by atoms with E-state index in [4.69, 9.17) is 16.7 Å². The first-order valence-electron chi connectivity index (χ1n) is 5.69. The van der Waals surface area contributed by atoms with E-state index < -0.39 is 18.7 Å². The van der Waals surface area contributed by atoms with Gasteiger partial charge in [0.2, 0.25) is 0 Å². The summed E-state index contributed by atoms with van der Waals surface area (Å²) in [6.45, 7) is 3.16. The second-order valence-electron chi connectivity index (χ2n) is 4.32. The van der Waals surface area contributed by atoms with E-state index >= 15 is 0 Å². The van der Waals surface area contributed by atoms with E-state index in [1.807, 2.05) is 32.0 Å². The van der Waals surface area contributed by atoms with Gasteiger partial charge in [-0.25, -0.2) is 13.5 Å². The van der Waals surface area contributed by atoms with Crippen molar-refractivity contribution in [2.75, 3.05) is 0 Å². The first-order valence-corrected chi connectivity index (χ1v) is 6.07. The van der Waals surface area contributed by atoms with E-state index in [9.17, 15) is 8.78 Å². The van der Waals surface area contributed by atoms with Crippen molar-refractivity contribution in [2.24, 2.45) is 0 Å². The predicted molar refractivity (Wildman–Crippen MR) is 68.9 cm³/mol. The SMILES string of the molecule is Cc1ccc(C)c(-n2nc(C(F)F)c(CO)c2Cl)c1. The number of benzene rings is 1. The van der Waals surface area contributed by atoms with Gasteiger partial charge in [0.1, 0.15) is 10.8 Å². The van der Waals surface area contributed by atoms with Crippen LogP contribution in [0.15, 0.2) is 18.2 Å². The summed E-state index contributed by atoms with van der Waals surface area (Å²) in [6.07, 6.45) is -2.77. The van der Waals surface area contributed by atoms with Crippen LogP contribution in [0.3, 0.4) is 0 Å². The molecule has 0 amide bonds. The summed E-state index contributed by atoms with van der Waals surface area (Å²) in [5.41, 5.74) is 1.95. The molecule has 3 nitrogen and oxygen atoms in total. The van der Waals surface area contributed by atoms with E-state index in [-0.39, 0.29) is 10.7 Å². The monoisotopic (exact) mass is 286 g/mol. The molecule has 0 unspecified atom stereocenters. The lowest BCUT2D eigenvalue weighted by Crippen LogP contribution is -2.00. The van der Waals surface area contributed by atoms with Crippen molar-refractivity contribution in [1.29, 1.82) is 0 Å². The molecule has 19 heavy (non-hydrogen) atoms. The summed E-state index contributed by atoms with van der Waals surface area (Å²) < 4.78 is 27.0. The molecule has 0 saturated carbocycles. The summed E-state index contributed by atoms with van der Waals surface area (Å²) in [4.78, 5) is 0. The summed E-state index contributed by atoms with van der Waals surface area (Å²) in [5, 5.41) is 13.0. The van der Waals surface area contributed by atoms with Gasteiger partial charge < -0.3 is 5.11 Å². The number of aromatic nitrogens is 2. The minimum Gasteiger partial charge on any atom is -0.391 e. The van der Waals surface area contributed by atoms with Gasteiger partial charge in [0, 0.05) is 5.56 Å². The topological polar surface area (TPSA) is 38.0 Å². The lowest BCUT2D eigenvalue weighted by atomic mass is 10.1. The van der Waals surface area contributed by atoms with E-state index in [0.29, 0.717) is 5.69 Å². The van der Waals surface area contributed by atoms with Gasteiger partial charge in [0.25, 0.3) is 6.43 Å². The highest BCUT2D eigenvalue weighted by atomic mass is 35.5. The second kappa shape index (κ2) is 5.27. The summed E-state index contributed by atoms with van der Waals surface area (Å²) in [7, 11) is 0. The molecule has 1 aromatic carbocycles. The fraction of sp³-hybridized carbons (Fsp3) is 0.308. The predicted octanol–water partition coefficient (Wildman–Crippen LogP) is 3.57. The molecule has 2 rings (SSSR count). The minimum atomic E-state index is -2.77. The molecule has 0 aliphatic rings. The van der Waals surface area contributed by atoms with Crippen molar-refractivity contribution in [2.45, 2.75) is 26.9 Å². The Morgan fingerprint density at radius 3 is 2.58 bits per heavy atom. The first-order chi connectivity index (χ1) is 8.95. The first kappa shape index (κ1) is 14.0. The van der Waals surface area contributed by atoms with Crippen molar-refractivity contribution in [3.05, 3.63) is 45.7 Å². The maximum Gasteiger partial charge on any atom is 0.282 e. The Hall–Kier alpha value is -1.46. The number of rotatable bonds is 3. The van der Waals surface area contributed by atoms with Crippen LogP contribution in [-0.2, 0) is 6.61 Å². The lowest BCUT2D eigenvalue weighted by molar-refractivity contribution is 0.141. The third-order valence-electron chi connectivity index (χ3n) is 2.91. The molecule has 0 aliphatic heterocycles. The van der Waals surface area contributed by atoms with E-state index in [1.165, 1.54) is 4.68 Å². The summed E-state index contributed by atoms with van der Waals surface area (Å²) >= 11 is 6.04. The number of aliphatic hydroxyl groups is 1. The lowest BCUT2D eigenvalue weighted by Gasteiger charge is -2.08. The third-order valence-corrected chi connectivity index (χ3v) is 3.30. The zero-order valence-electron chi connectivity index (χ0n) is 10.5. The van der Waals surface area contributed by atoms with Gasteiger partial charge >= 0.3 is 0 Å². The number of halogens is 3. The Balaban J connectivity index is 2.66. The molecule has 102 valence electrons. The van der Waals surface area contributed by atoms with Gasteiger partial charge in [-0.1, -0.05) is 23.7 Å². The Bertz CT molecular complexity index is 611. The average molecular weight is 287 g/mol. The van der Waals surface area contributed by atoms with Crippen molar-refractivity contribution < 1.29 is 13.9 Å². The van der Waals surface area contributed by atoms with Crippen LogP contribution in [0.25, 0.3) is 5.69 Å². The maximum atomic E-state index is 12.9. The van der Waals surface area contributed by atoms with Crippen molar-refractivity contribution >= 4 is 11.6 Å². The molecule has 0 spiro atoms. The highest BCUT2D eigenvalue weighted by molar-refractivity contribution is 6.30. The van der Waals surface area contributed by atoms with Crippen LogP contribution in [-0.4, -0.2) is 14.9 Å². The van der Waals surface area contributed by atoms with Gasteiger partial charge in [0.15, 0.2) is 0 Å². The van der Waals surface area contributed by atoms with Crippen LogP contribution in [0.1, 0.15) is 28.8 Å². The van der Waals surface area contributed by atoms with Crippen LogP contribution in [0.2, 0.25) is 5.15 Å². The Kier molecular flexibility index (Phi) is 3.87. The fourth-order valence-electron chi connectivity index (χ4n) is 1.87. The smallest absolute Gasteiger partial charge is 0.282 e. The van der Waals surface area contributed by atoms with Gasteiger partial charge in [-0.2, -0.15) is 5.10 Å². The summed E-state index contributed by atoms with van der Waals surface area (Å²) in [5.74, 6) is 0. The van der Waals surface area contributed by atoms with Gasteiger partial charge in [0.05, 0.1) is 12.3 Å². The number of hydrogen-bond donors (Lipinski definition) is 1. The Morgan fingerprint density at radius 2 is 2.05 bits per heavy atom. The summed E-state index contributed by atoms with van der Waals surface area (Å²) in [6, 6.07) is 5.59. The van der Waals surface area contributed by atoms with E-state index in [2.05, 4.69) is 5.10 Å². The molecule has 1 N–H and O–H groups in total. The molecule has 0 bridgehead atoms. The molecule has 0 aliphatic carbocycles. The molecule has 1 aromatic heterocycles. The molecule has 1 heterocycles. The standard InChI is InChI=1S/C13H13ClF2N2O/c1-7-3-4-8(2)10(5-7)18-12(14)9(6-19)11(17-18)13(15)16/h3-5,13,19H,6H2,1-2H3. The van der Waals surface area contributed by atoms with Crippen LogP contribution in [0.4, 0.5) is 8.78 Å². The number of alkyl halides is 2. The molecule has 6 heteroatoms. The number of aliphatic hydroxyl groups excluding tert-OH is 1. The van der Waals surface area contributed by atoms with Crippen LogP contribution >= 0.6 is 11.6 Å². The Labute approximate surface area is 114 Å². The maximum absolute atomic E-state index is 12.9. The van der Waals surface area contributed by atoms with Crippen molar-refractivity contribution in [1.82, 2.24) is 9.78 Å². The van der Waals surface area contributed by atoms with Gasteiger partial charge in [-0.3, -0.25) is 0 Å². The minimum absolute atomic E-state index is 0.0199. The number of aryl methyl sites for hydroxylation is 2. The molecule has 0 radical (unpaired) electrons. The highest BCUT2D eigenvalue weighted by Crippen LogP contribution is 2.31. The van der Waals surface area contributed by atoms with Gasteiger partial charge in [-0.05, 0) is 31.0 Å². The number of nitrogens with zero attached hydrogens (tertiary/aromatic N) is 2. The number of hydrogen-bond acceptors (Lipinski definition) is 2. The molecule has 0 fully saturated rings. The zero-order valence-corrected chi connectivity index (χ0v) is 11.2. The van der Waals surface area contributed by atoms with Crippen LogP contribution < -0.4 is 0 Å². The van der Waals surface area contributed by atoms with Crippen LogP contribution in [0.5, 0.6) is 0 Å². The highest BCUT2D eigenvalue weighted by Gasteiger charge is 2.23. The van der Waals surface area contributed by atoms with Crippen molar-refractivity contribution in [3.63, 3.8) is 0 Å². The molecule has 0 saturated heterocycles. The molecule has 0 atom stereocenters. The zero-order chi connectivity index (χ0) is 14.2. The quantitative estimate of drug-likeness (QED) is 0.937. The van der Waals surface area contributed by atoms with Crippen molar-refractivity contribution in [3.8, 4) is 5.69 Å². The molecule has 2 aromatic rings. The average Bonchev–Trinajstić information content (AvgIpc) is 2.69. The molecular weight excluding hydrogens is 274 g/mol. The molecular formula is C13H13ClF2N2O. The second-order valence-corrected chi connectivity index (χ2v) is 4.67. The van der Waals surface area contributed by atoms with E-state index in [0.717, 1.165) is 11.1 Å². The van der Waals surface area contributed by atoms with Crippen LogP contribution in [0, 0.1) is 13.8 Å².